The summed E-state index contributed by atoms with van der Waals surface area (Å²) in [5, 5.41) is 6.78. The minimum atomic E-state index is -1.19. The van der Waals surface area contributed by atoms with Gasteiger partial charge in [0.15, 0.2) is 5.54 Å². The summed E-state index contributed by atoms with van der Waals surface area (Å²) in [7, 11) is 1.33. The van der Waals surface area contributed by atoms with Crippen LogP contribution >= 0.6 is 0 Å². The van der Waals surface area contributed by atoms with Crippen LogP contribution in [0.25, 0.3) is 0 Å². The molecule has 134 valence electrons. The van der Waals surface area contributed by atoms with Crippen molar-refractivity contribution in [3.05, 3.63) is 52.9 Å². The minimum Gasteiger partial charge on any atom is -0.467 e. The first-order chi connectivity index (χ1) is 11.9. The summed E-state index contributed by atoms with van der Waals surface area (Å²) in [5.41, 5.74) is 1.22. The van der Waals surface area contributed by atoms with E-state index in [1.54, 1.807) is 0 Å². The number of ether oxygens (including phenoxy) is 1. The summed E-state index contributed by atoms with van der Waals surface area (Å²) in [6.45, 7) is 5.51. The van der Waals surface area contributed by atoms with Gasteiger partial charge in [0.25, 0.3) is 0 Å². The SMILES string of the molecule is CCC(NC(=O)CCc1c(C)noc1C)(C(=O)OC)c1ccccc1. The lowest BCUT2D eigenvalue weighted by molar-refractivity contribution is -0.151. The van der Waals surface area contributed by atoms with Crippen molar-refractivity contribution in [1.82, 2.24) is 10.5 Å². The summed E-state index contributed by atoms with van der Waals surface area (Å²) in [4.78, 5) is 25.0. The van der Waals surface area contributed by atoms with Gasteiger partial charge in [0, 0.05) is 12.0 Å². The fourth-order valence-electron chi connectivity index (χ4n) is 2.97. The second-order valence-corrected chi connectivity index (χ2v) is 5.97. The molecule has 1 amide bonds. The zero-order valence-electron chi connectivity index (χ0n) is 15.1. The Morgan fingerprint density at radius 3 is 2.44 bits per heavy atom. The molecular weight excluding hydrogens is 320 g/mol. The van der Waals surface area contributed by atoms with Crippen molar-refractivity contribution < 1.29 is 18.8 Å². The Hall–Kier alpha value is -2.63. The van der Waals surface area contributed by atoms with E-state index in [4.69, 9.17) is 9.26 Å². The average molecular weight is 344 g/mol. The molecule has 1 aromatic carbocycles. The third-order valence-electron chi connectivity index (χ3n) is 4.47. The number of aryl methyl sites for hydroxylation is 2. The van der Waals surface area contributed by atoms with Gasteiger partial charge in [-0.25, -0.2) is 4.79 Å². The molecule has 0 radical (unpaired) electrons. The van der Waals surface area contributed by atoms with Gasteiger partial charge in [-0.3, -0.25) is 4.79 Å². The van der Waals surface area contributed by atoms with Crippen molar-refractivity contribution in [2.75, 3.05) is 7.11 Å². The van der Waals surface area contributed by atoms with Crippen LogP contribution in [0.4, 0.5) is 0 Å². The van der Waals surface area contributed by atoms with Crippen LogP contribution in [-0.2, 0) is 26.3 Å². The largest absolute Gasteiger partial charge is 0.467 e. The Morgan fingerprint density at radius 2 is 1.92 bits per heavy atom. The summed E-state index contributed by atoms with van der Waals surface area (Å²) in [5.74, 6) is 0.00562. The summed E-state index contributed by atoms with van der Waals surface area (Å²) in [6.07, 6.45) is 1.12. The number of benzene rings is 1. The van der Waals surface area contributed by atoms with Crippen LogP contribution < -0.4 is 5.32 Å². The first-order valence-corrected chi connectivity index (χ1v) is 8.31. The highest BCUT2D eigenvalue weighted by Gasteiger charge is 2.41. The summed E-state index contributed by atoms with van der Waals surface area (Å²) < 4.78 is 10.1. The van der Waals surface area contributed by atoms with Crippen LogP contribution in [0, 0.1) is 13.8 Å². The zero-order chi connectivity index (χ0) is 18.4. The predicted octanol–water partition coefficient (Wildman–Crippen LogP) is 2.82. The summed E-state index contributed by atoms with van der Waals surface area (Å²) in [6, 6.07) is 9.15. The monoisotopic (exact) mass is 344 g/mol. The average Bonchev–Trinajstić information content (AvgIpc) is 2.96. The molecule has 1 heterocycles. The lowest BCUT2D eigenvalue weighted by Crippen LogP contribution is -2.52. The number of esters is 1. The Balaban J connectivity index is 2.19. The molecule has 0 saturated heterocycles. The highest BCUT2D eigenvalue weighted by molar-refractivity contribution is 5.89. The van der Waals surface area contributed by atoms with Gasteiger partial charge < -0.3 is 14.6 Å². The molecule has 0 aliphatic rings. The van der Waals surface area contributed by atoms with Crippen molar-refractivity contribution in [1.29, 1.82) is 0 Å². The topological polar surface area (TPSA) is 81.4 Å². The Labute approximate surface area is 147 Å². The molecule has 0 bridgehead atoms. The van der Waals surface area contributed by atoms with Gasteiger partial charge in [-0.15, -0.1) is 0 Å². The van der Waals surface area contributed by atoms with Crippen LogP contribution in [0.3, 0.4) is 0 Å². The third kappa shape index (κ3) is 3.90. The van der Waals surface area contributed by atoms with E-state index in [9.17, 15) is 9.59 Å². The molecule has 0 aliphatic heterocycles. The first-order valence-electron chi connectivity index (χ1n) is 8.31. The quantitative estimate of drug-likeness (QED) is 0.781. The number of hydrogen-bond acceptors (Lipinski definition) is 5. The molecule has 25 heavy (non-hydrogen) atoms. The second-order valence-electron chi connectivity index (χ2n) is 5.97. The molecule has 1 N–H and O–H groups in total. The number of aromatic nitrogens is 1. The highest BCUT2D eigenvalue weighted by Crippen LogP contribution is 2.27. The predicted molar refractivity (Wildman–Crippen MR) is 92.9 cm³/mol. The van der Waals surface area contributed by atoms with Crippen molar-refractivity contribution in [3.63, 3.8) is 0 Å². The van der Waals surface area contributed by atoms with Gasteiger partial charge in [-0.2, -0.15) is 0 Å². The van der Waals surface area contributed by atoms with Crippen molar-refractivity contribution in [3.8, 4) is 0 Å². The molecule has 2 aromatic rings. The Morgan fingerprint density at radius 1 is 1.24 bits per heavy atom. The normalized spacial score (nSPS) is 13.1. The van der Waals surface area contributed by atoms with Gasteiger partial charge in [0.05, 0.1) is 12.8 Å². The lowest BCUT2D eigenvalue weighted by atomic mass is 9.86. The van der Waals surface area contributed by atoms with Gasteiger partial charge >= 0.3 is 5.97 Å². The van der Waals surface area contributed by atoms with Crippen LogP contribution in [0.2, 0.25) is 0 Å². The molecular formula is C19H24N2O4. The zero-order valence-corrected chi connectivity index (χ0v) is 15.1. The second kappa shape index (κ2) is 7.96. The number of nitrogens with one attached hydrogen (secondary N) is 1. The van der Waals surface area contributed by atoms with Crippen LogP contribution in [0.15, 0.2) is 34.9 Å². The van der Waals surface area contributed by atoms with Gasteiger partial charge in [-0.05, 0) is 32.3 Å². The minimum absolute atomic E-state index is 0.226. The van der Waals surface area contributed by atoms with E-state index < -0.39 is 11.5 Å². The van der Waals surface area contributed by atoms with Crippen molar-refractivity contribution >= 4 is 11.9 Å². The molecule has 0 fully saturated rings. The van der Waals surface area contributed by atoms with Crippen LogP contribution in [0.1, 0.15) is 42.3 Å². The maximum atomic E-state index is 12.6. The smallest absolute Gasteiger partial charge is 0.336 e. The van der Waals surface area contributed by atoms with E-state index in [0.29, 0.717) is 24.2 Å². The van der Waals surface area contributed by atoms with E-state index in [1.807, 2.05) is 51.1 Å². The van der Waals surface area contributed by atoms with Gasteiger partial charge in [0.2, 0.25) is 5.91 Å². The molecule has 1 atom stereocenters. The Bertz CT molecular complexity index is 720. The van der Waals surface area contributed by atoms with E-state index in [1.165, 1.54) is 7.11 Å². The summed E-state index contributed by atoms with van der Waals surface area (Å²) >= 11 is 0. The van der Waals surface area contributed by atoms with Crippen LogP contribution in [0.5, 0.6) is 0 Å². The number of methoxy groups -OCH3 is 1. The number of rotatable bonds is 7. The number of hydrogen-bond donors (Lipinski definition) is 1. The molecule has 0 spiro atoms. The van der Waals surface area contributed by atoms with Crippen molar-refractivity contribution in [2.24, 2.45) is 0 Å². The first kappa shape index (κ1) is 18.7. The molecule has 1 unspecified atom stereocenters. The van der Waals surface area contributed by atoms with Crippen LogP contribution in [-0.4, -0.2) is 24.1 Å². The number of carbonyl (C=O) groups is 2. The highest BCUT2D eigenvalue weighted by atomic mass is 16.5. The maximum Gasteiger partial charge on any atom is 0.336 e. The van der Waals surface area contributed by atoms with E-state index in [2.05, 4.69) is 10.5 Å². The number of nitrogens with zero attached hydrogens (tertiary/aromatic N) is 1. The third-order valence-corrected chi connectivity index (χ3v) is 4.47. The van der Waals surface area contributed by atoms with Gasteiger partial charge in [-0.1, -0.05) is 42.4 Å². The molecule has 1 aromatic heterocycles. The molecule has 0 saturated carbocycles. The fourth-order valence-corrected chi connectivity index (χ4v) is 2.97. The van der Waals surface area contributed by atoms with E-state index in [0.717, 1.165) is 11.3 Å². The van der Waals surface area contributed by atoms with E-state index in [-0.39, 0.29) is 12.3 Å². The van der Waals surface area contributed by atoms with E-state index >= 15 is 0 Å². The lowest BCUT2D eigenvalue weighted by Gasteiger charge is -2.31. The molecule has 6 heteroatoms. The molecule has 0 aliphatic carbocycles. The number of amides is 1. The number of carbonyl (C=O) groups excluding carboxylic acids is 2. The molecule has 2 rings (SSSR count). The maximum absolute atomic E-state index is 12.6. The fraction of sp³-hybridized carbons (Fsp3) is 0.421. The van der Waals surface area contributed by atoms with Crippen molar-refractivity contribution in [2.45, 2.75) is 45.6 Å². The van der Waals surface area contributed by atoms with Gasteiger partial charge in [0.1, 0.15) is 5.76 Å². The Kier molecular flexibility index (Phi) is 5.96. The standard InChI is InChI=1S/C19H24N2O4/c1-5-19(18(23)24-4,15-9-7-6-8-10-15)20-17(22)12-11-16-13(2)21-25-14(16)3/h6-10H,5,11-12H2,1-4H3,(H,20,22). The molecule has 6 nitrogen and oxygen atoms in total.